The van der Waals surface area contributed by atoms with Gasteiger partial charge in [0.2, 0.25) is 5.91 Å². The lowest BCUT2D eigenvalue weighted by Crippen LogP contribution is -2.41. The number of primary amides is 1. The van der Waals surface area contributed by atoms with Crippen molar-refractivity contribution in [3.05, 3.63) is 57.2 Å². The first-order valence-corrected chi connectivity index (χ1v) is 8.98. The summed E-state index contributed by atoms with van der Waals surface area (Å²) in [5, 5.41) is 13.6. The van der Waals surface area contributed by atoms with Crippen molar-refractivity contribution in [3.63, 3.8) is 0 Å². The predicted molar refractivity (Wildman–Crippen MR) is 104 cm³/mol. The molecule has 2 heterocycles. The zero-order valence-electron chi connectivity index (χ0n) is 14.8. The fourth-order valence-corrected chi connectivity index (χ4v) is 3.25. The molecule has 1 unspecified atom stereocenters. The van der Waals surface area contributed by atoms with Crippen molar-refractivity contribution < 1.29 is 14.5 Å². The second-order valence-electron chi connectivity index (χ2n) is 6.47. The van der Waals surface area contributed by atoms with E-state index >= 15 is 0 Å². The van der Waals surface area contributed by atoms with Crippen molar-refractivity contribution in [2.75, 3.05) is 23.3 Å². The molecule has 146 valence electrons. The standard InChI is InChI=1S/C18H18ClN5O4/c19-14-5-3-11(8-15(14)24(27)28)18(26)22-13-4-6-16(21-9-13)23-7-1-2-12(10-23)17(20)25/h3-6,8-9,12H,1-2,7,10H2,(H2,20,25)(H,22,26). The Hall–Kier alpha value is -3.20. The van der Waals surface area contributed by atoms with Gasteiger partial charge in [-0.25, -0.2) is 4.98 Å². The van der Waals surface area contributed by atoms with Crippen LogP contribution in [0.15, 0.2) is 36.5 Å². The number of halogens is 1. The number of nitro benzene ring substituents is 1. The monoisotopic (exact) mass is 403 g/mol. The van der Waals surface area contributed by atoms with Crippen LogP contribution in [0.3, 0.4) is 0 Å². The Morgan fingerprint density at radius 1 is 1.32 bits per heavy atom. The molecule has 28 heavy (non-hydrogen) atoms. The zero-order chi connectivity index (χ0) is 20.3. The summed E-state index contributed by atoms with van der Waals surface area (Å²) >= 11 is 5.76. The number of benzene rings is 1. The van der Waals surface area contributed by atoms with Gasteiger partial charge in [-0.05, 0) is 37.1 Å². The molecule has 2 aromatic rings. The first-order valence-electron chi connectivity index (χ1n) is 8.61. The number of hydrogen-bond donors (Lipinski definition) is 2. The van der Waals surface area contributed by atoms with Crippen LogP contribution in [0, 0.1) is 16.0 Å². The number of piperidine rings is 1. The van der Waals surface area contributed by atoms with Crippen molar-refractivity contribution in [1.29, 1.82) is 0 Å². The van der Waals surface area contributed by atoms with E-state index in [4.69, 9.17) is 17.3 Å². The van der Waals surface area contributed by atoms with Gasteiger partial charge in [0.05, 0.1) is 22.7 Å². The molecule has 3 N–H and O–H groups in total. The third-order valence-electron chi connectivity index (χ3n) is 4.56. The number of carbonyl (C=O) groups is 2. The molecular formula is C18H18ClN5O4. The highest BCUT2D eigenvalue weighted by molar-refractivity contribution is 6.32. The molecule has 1 saturated heterocycles. The summed E-state index contributed by atoms with van der Waals surface area (Å²) in [5.41, 5.74) is 5.61. The van der Waals surface area contributed by atoms with Crippen LogP contribution in [-0.4, -0.2) is 34.8 Å². The number of hydrogen-bond acceptors (Lipinski definition) is 6. The second kappa shape index (κ2) is 8.22. The number of nitrogens with two attached hydrogens (primary N) is 1. The molecule has 1 atom stereocenters. The summed E-state index contributed by atoms with van der Waals surface area (Å²) in [4.78, 5) is 40.4. The Morgan fingerprint density at radius 2 is 2.11 bits per heavy atom. The number of amides is 2. The van der Waals surface area contributed by atoms with Crippen molar-refractivity contribution in [2.45, 2.75) is 12.8 Å². The van der Waals surface area contributed by atoms with Gasteiger partial charge < -0.3 is 16.0 Å². The first-order chi connectivity index (χ1) is 13.3. The summed E-state index contributed by atoms with van der Waals surface area (Å²) in [5.74, 6) is -0.339. The summed E-state index contributed by atoms with van der Waals surface area (Å²) in [6, 6.07) is 7.25. The second-order valence-corrected chi connectivity index (χ2v) is 6.88. The van der Waals surface area contributed by atoms with Crippen LogP contribution in [0.2, 0.25) is 5.02 Å². The molecule has 9 nitrogen and oxygen atoms in total. The number of carbonyl (C=O) groups excluding carboxylic acids is 2. The summed E-state index contributed by atoms with van der Waals surface area (Å²) in [6.07, 6.45) is 3.11. The van der Waals surface area contributed by atoms with E-state index in [9.17, 15) is 19.7 Å². The average Bonchev–Trinajstić information content (AvgIpc) is 2.68. The van der Waals surface area contributed by atoms with E-state index in [1.165, 1.54) is 18.3 Å². The maximum Gasteiger partial charge on any atom is 0.288 e. The smallest absolute Gasteiger partial charge is 0.288 e. The van der Waals surface area contributed by atoms with E-state index in [0.717, 1.165) is 25.5 Å². The van der Waals surface area contributed by atoms with Gasteiger partial charge in [0.15, 0.2) is 0 Å². The van der Waals surface area contributed by atoms with E-state index in [0.29, 0.717) is 18.1 Å². The van der Waals surface area contributed by atoms with Crippen LogP contribution >= 0.6 is 11.6 Å². The SMILES string of the molecule is NC(=O)C1CCCN(c2ccc(NC(=O)c3ccc(Cl)c([N+](=O)[O-])c3)cn2)C1. The zero-order valence-corrected chi connectivity index (χ0v) is 15.6. The molecule has 0 bridgehead atoms. The minimum absolute atomic E-state index is 0.0385. The minimum Gasteiger partial charge on any atom is -0.369 e. The van der Waals surface area contributed by atoms with Crippen LogP contribution in [0.5, 0.6) is 0 Å². The molecule has 1 aliphatic rings. The van der Waals surface area contributed by atoms with Crippen LogP contribution in [0.1, 0.15) is 23.2 Å². The third kappa shape index (κ3) is 4.37. The van der Waals surface area contributed by atoms with Gasteiger partial charge in [-0.1, -0.05) is 11.6 Å². The van der Waals surface area contributed by atoms with Crippen molar-refractivity contribution in [3.8, 4) is 0 Å². The van der Waals surface area contributed by atoms with Gasteiger partial charge in [0.1, 0.15) is 10.8 Å². The first kappa shape index (κ1) is 19.6. The Labute approximate surface area is 165 Å². The quantitative estimate of drug-likeness (QED) is 0.582. The highest BCUT2D eigenvalue weighted by Crippen LogP contribution is 2.26. The highest BCUT2D eigenvalue weighted by Gasteiger charge is 2.24. The number of anilines is 2. The number of nitrogens with zero attached hydrogens (tertiary/aromatic N) is 3. The molecule has 10 heteroatoms. The lowest BCUT2D eigenvalue weighted by atomic mass is 9.97. The molecule has 1 aliphatic heterocycles. The Bertz CT molecular complexity index is 919. The summed E-state index contributed by atoms with van der Waals surface area (Å²) in [7, 11) is 0. The molecule has 1 aromatic heterocycles. The van der Waals surface area contributed by atoms with Crippen molar-refractivity contribution in [1.82, 2.24) is 4.98 Å². The molecule has 1 aromatic carbocycles. The topological polar surface area (TPSA) is 131 Å². The molecule has 1 fully saturated rings. The van der Waals surface area contributed by atoms with Crippen LogP contribution < -0.4 is 16.0 Å². The minimum atomic E-state index is -0.645. The molecule has 0 aliphatic carbocycles. The van der Waals surface area contributed by atoms with Crippen LogP contribution in [-0.2, 0) is 4.79 Å². The number of nitro groups is 1. The molecular weight excluding hydrogens is 386 g/mol. The number of pyridine rings is 1. The van der Waals surface area contributed by atoms with E-state index in [2.05, 4.69) is 10.3 Å². The molecule has 0 radical (unpaired) electrons. The number of nitrogens with one attached hydrogen (secondary N) is 1. The van der Waals surface area contributed by atoms with Gasteiger partial charge in [-0.3, -0.25) is 19.7 Å². The Kier molecular flexibility index (Phi) is 5.74. The summed E-state index contributed by atoms with van der Waals surface area (Å²) in [6.45, 7) is 1.29. The van der Waals surface area contributed by atoms with Crippen LogP contribution in [0.4, 0.5) is 17.2 Å². The van der Waals surface area contributed by atoms with E-state index < -0.39 is 10.8 Å². The molecule has 0 spiro atoms. The van der Waals surface area contributed by atoms with Crippen molar-refractivity contribution >= 4 is 40.6 Å². The predicted octanol–water partition coefficient (Wildman–Crippen LogP) is 2.60. The largest absolute Gasteiger partial charge is 0.369 e. The molecule has 0 saturated carbocycles. The van der Waals surface area contributed by atoms with E-state index in [1.807, 2.05) is 4.90 Å². The van der Waals surface area contributed by atoms with Crippen LogP contribution in [0.25, 0.3) is 0 Å². The fraction of sp³-hybridized carbons (Fsp3) is 0.278. The number of rotatable bonds is 5. The van der Waals surface area contributed by atoms with Gasteiger partial charge in [0.25, 0.3) is 11.6 Å². The van der Waals surface area contributed by atoms with Gasteiger partial charge in [-0.2, -0.15) is 0 Å². The average molecular weight is 404 g/mol. The van der Waals surface area contributed by atoms with Gasteiger partial charge in [-0.15, -0.1) is 0 Å². The Morgan fingerprint density at radius 3 is 2.75 bits per heavy atom. The third-order valence-corrected chi connectivity index (χ3v) is 4.88. The summed E-state index contributed by atoms with van der Waals surface area (Å²) < 4.78 is 0. The van der Waals surface area contributed by atoms with Gasteiger partial charge in [0, 0.05) is 24.7 Å². The van der Waals surface area contributed by atoms with E-state index in [1.54, 1.807) is 12.1 Å². The highest BCUT2D eigenvalue weighted by atomic mass is 35.5. The fourth-order valence-electron chi connectivity index (χ4n) is 3.06. The van der Waals surface area contributed by atoms with Gasteiger partial charge >= 0.3 is 0 Å². The van der Waals surface area contributed by atoms with E-state index in [-0.39, 0.29) is 28.1 Å². The Balaban J connectivity index is 1.69. The van der Waals surface area contributed by atoms with Crippen molar-refractivity contribution in [2.24, 2.45) is 11.7 Å². The normalized spacial score (nSPS) is 16.5. The lowest BCUT2D eigenvalue weighted by Gasteiger charge is -2.32. The molecule has 2 amide bonds. The molecule has 3 rings (SSSR count). The number of aromatic nitrogens is 1. The maximum atomic E-state index is 12.3. The lowest BCUT2D eigenvalue weighted by molar-refractivity contribution is -0.384. The maximum absolute atomic E-state index is 12.3.